The van der Waals surface area contributed by atoms with Crippen molar-refractivity contribution < 1.29 is 9.84 Å². The maximum Gasteiger partial charge on any atom is 0.0874 e. The van der Waals surface area contributed by atoms with Gasteiger partial charge in [-0.3, -0.25) is 0 Å². The molecule has 84 valence electrons. The minimum Gasteiger partial charge on any atom is -0.393 e. The van der Waals surface area contributed by atoms with Crippen molar-refractivity contribution in [3.8, 4) is 0 Å². The number of hydrogen-bond acceptors (Lipinski definition) is 2. The zero-order valence-electron chi connectivity index (χ0n) is 9.95. The molecule has 0 saturated heterocycles. The van der Waals surface area contributed by atoms with Gasteiger partial charge >= 0.3 is 0 Å². The summed E-state index contributed by atoms with van der Waals surface area (Å²) in [6.07, 6.45) is 0.349. The molecule has 2 heteroatoms. The number of hydrogen-bond donors (Lipinski definition) is 1. The molecule has 0 radical (unpaired) electrons. The highest BCUT2D eigenvalue weighted by atomic mass is 16.5. The molecule has 1 aromatic carbocycles. The van der Waals surface area contributed by atoms with Crippen LogP contribution in [0, 0.1) is 0 Å². The molecular formula is C13H20O2. The van der Waals surface area contributed by atoms with Gasteiger partial charge in [0.05, 0.1) is 11.7 Å². The van der Waals surface area contributed by atoms with Gasteiger partial charge in [0.2, 0.25) is 0 Å². The van der Waals surface area contributed by atoms with Crippen molar-refractivity contribution in [3.63, 3.8) is 0 Å². The van der Waals surface area contributed by atoms with Crippen LogP contribution >= 0.6 is 0 Å². The van der Waals surface area contributed by atoms with Gasteiger partial charge in [0, 0.05) is 7.11 Å². The third-order valence-corrected chi connectivity index (χ3v) is 2.69. The molecule has 0 aromatic heterocycles. The predicted molar refractivity (Wildman–Crippen MR) is 61.9 cm³/mol. The normalized spacial score (nSPS) is 13.9. The van der Waals surface area contributed by atoms with Crippen molar-refractivity contribution in [2.45, 2.75) is 38.9 Å². The van der Waals surface area contributed by atoms with Crippen molar-refractivity contribution >= 4 is 0 Å². The van der Waals surface area contributed by atoms with Gasteiger partial charge in [0.15, 0.2) is 0 Å². The summed E-state index contributed by atoms with van der Waals surface area (Å²) >= 11 is 0. The van der Waals surface area contributed by atoms with Crippen LogP contribution in [0.3, 0.4) is 0 Å². The number of rotatable bonds is 4. The second-order valence-electron chi connectivity index (χ2n) is 4.42. The molecule has 15 heavy (non-hydrogen) atoms. The molecule has 0 heterocycles. The van der Waals surface area contributed by atoms with E-state index in [4.69, 9.17) is 4.74 Å². The molecule has 0 aliphatic carbocycles. The van der Waals surface area contributed by atoms with E-state index in [9.17, 15) is 5.11 Å². The Bertz CT molecular complexity index is 316. The fourth-order valence-corrected chi connectivity index (χ4v) is 1.71. The topological polar surface area (TPSA) is 29.5 Å². The summed E-state index contributed by atoms with van der Waals surface area (Å²) in [7, 11) is 1.71. The average Bonchev–Trinajstić information content (AvgIpc) is 2.17. The van der Waals surface area contributed by atoms with E-state index >= 15 is 0 Å². The van der Waals surface area contributed by atoms with Crippen molar-refractivity contribution in [1.82, 2.24) is 0 Å². The molecule has 0 spiro atoms. The third-order valence-electron chi connectivity index (χ3n) is 2.69. The van der Waals surface area contributed by atoms with E-state index in [2.05, 4.69) is 6.07 Å². The van der Waals surface area contributed by atoms with Gasteiger partial charge in [-0.15, -0.1) is 0 Å². The van der Waals surface area contributed by atoms with E-state index in [1.165, 1.54) is 0 Å². The Morgan fingerprint density at radius 2 is 1.93 bits per heavy atom. The van der Waals surface area contributed by atoms with Crippen molar-refractivity contribution in [2.75, 3.05) is 7.11 Å². The van der Waals surface area contributed by atoms with Crippen LogP contribution in [0.2, 0.25) is 0 Å². The van der Waals surface area contributed by atoms with Crippen LogP contribution in [0.4, 0.5) is 0 Å². The summed E-state index contributed by atoms with van der Waals surface area (Å²) in [5, 5.41) is 9.43. The number of methoxy groups -OCH3 is 1. The van der Waals surface area contributed by atoms with E-state index in [1.54, 1.807) is 14.0 Å². The summed E-state index contributed by atoms with van der Waals surface area (Å²) in [5.41, 5.74) is 2.00. The van der Waals surface area contributed by atoms with Crippen molar-refractivity contribution in [1.29, 1.82) is 0 Å². The first-order valence-corrected chi connectivity index (χ1v) is 5.29. The van der Waals surface area contributed by atoms with Gasteiger partial charge in [0.25, 0.3) is 0 Å². The molecule has 2 nitrogen and oxygen atoms in total. The Kier molecular flexibility index (Phi) is 3.89. The molecule has 0 fully saturated rings. The highest BCUT2D eigenvalue weighted by Crippen LogP contribution is 2.27. The fraction of sp³-hybridized carbons (Fsp3) is 0.538. The molecule has 1 aromatic rings. The van der Waals surface area contributed by atoms with Crippen LogP contribution in [0.25, 0.3) is 0 Å². The van der Waals surface area contributed by atoms with Gasteiger partial charge in [-0.25, -0.2) is 0 Å². The Hall–Kier alpha value is -0.860. The summed E-state index contributed by atoms with van der Waals surface area (Å²) in [4.78, 5) is 0. The van der Waals surface area contributed by atoms with Crippen LogP contribution in [0.5, 0.6) is 0 Å². The molecule has 0 amide bonds. The van der Waals surface area contributed by atoms with E-state index in [0.717, 1.165) is 11.1 Å². The SMILES string of the molecule is COC(C)(C)c1ccccc1CC(C)O. The molecule has 1 unspecified atom stereocenters. The summed E-state index contributed by atoms with van der Waals surface area (Å²) < 4.78 is 5.46. The molecular weight excluding hydrogens is 188 g/mol. The molecule has 1 rings (SSSR count). The van der Waals surface area contributed by atoms with Crippen LogP contribution < -0.4 is 0 Å². The number of benzene rings is 1. The molecule has 0 bridgehead atoms. The second kappa shape index (κ2) is 4.77. The molecule has 0 saturated carbocycles. The lowest BCUT2D eigenvalue weighted by Gasteiger charge is -2.26. The Balaban J connectivity index is 3.06. The minimum absolute atomic E-state index is 0.300. The summed E-state index contributed by atoms with van der Waals surface area (Å²) in [5.74, 6) is 0. The van der Waals surface area contributed by atoms with Gasteiger partial charge in [0.1, 0.15) is 0 Å². The lowest BCUT2D eigenvalue weighted by atomic mass is 9.90. The molecule has 1 atom stereocenters. The highest BCUT2D eigenvalue weighted by molar-refractivity contribution is 5.32. The fourth-order valence-electron chi connectivity index (χ4n) is 1.71. The standard InChI is InChI=1S/C13H20O2/c1-10(14)9-11-7-5-6-8-12(11)13(2,3)15-4/h5-8,10,14H,9H2,1-4H3. The highest BCUT2D eigenvalue weighted by Gasteiger charge is 2.22. The second-order valence-corrected chi connectivity index (χ2v) is 4.42. The Morgan fingerprint density at radius 3 is 2.47 bits per heavy atom. The maximum atomic E-state index is 9.43. The van der Waals surface area contributed by atoms with Crippen LogP contribution in [0.15, 0.2) is 24.3 Å². The zero-order valence-corrected chi connectivity index (χ0v) is 9.95. The van der Waals surface area contributed by atoms with Crippen LogP contribution in [-0.2, 0) is 16.8 Å². The first-order valence-electron chi connectivity index (χ1n) is 5.29. The lowest BCUT2D eigenvalue weighted by Crippen LogP contribution is -2.22. The van der Waals surface area contributed by atoms with E-state index in [0.29, 0.717) is 6.42 Å². The number of ether oxygens (including phenoxy) is 1. The van der Waals surface area contributed by atoms with Crippen molar-refractivity contribution in [2.24, 2.45) is 0 Å². The predicted octanol–water partition coefficient (Wildman–Crippen LogP) is 2.49. The Morgan fingerprint density at radius 1 is 1.33 bits per heavy atom. The van der Waals surface area contributed by atoms with Crippen LogP contribution in [-0.4, -0.2) is 18.3 Å². The number of aliphatic hydroxyl groups is 1. The summed E-state index contributed by atoms with van der Waals surface area (Å²) in [6, 6.07) is 8.10. The quantitative estimate of drug-likeness (QED) is 0.823. The van der Waals surface area contributed by atoms with Gasteiger partial charge in [-0.2, -0.15) is 0 Å². The first kappa shape index (κ1) is 12.2. The van der Waals surface area contributed by atoms with Crippen molar-refractivity contribution in [3.05, 3.63) is 35.4 Å². The maximum absolute atomic E-state index is 9.43. The van der Waals surface area contributed by atoms with Gasteiger partial charge in [-0.1, -0.05) is 24.3 Å². The lowest BCUT2D eigenvalue weighted by molar-refractivity contribution is 0.0181. The first-order chi connectivity index (χ1) is 6.97. The van der Waals surface area contributed by atoms with E-state index in [1.807, 2.05) is 32.0 Å². The largest absolute Gasteiger partial charge is 0.393 e. The molecule has 0 aliphatic heterocycles. The van der Waals surface area contributed by atoms with Crippen LogP contribution in [0.1, 0.15) is 31.9 Å². The van der Waals surface area contributed by atoms with Gasteiger partial charge in [-0.05, 0) is 38.3 Å². The third kappa shape index (κ3) is 3.05. The molecule has 0 aliphatic rings. The average molecular weight is 208 g/mol. The molecule has 1 N–H and O–H groups in total. The minimum atomic E-state index is -0.321. The zero-order chi connectivity index (χ0) is 11.5. The van der Waals surface area contributed by atoms with E-state index < -0.39 is 0 Å². The number of aliphatic hydroxyl groups excluding tert-OH is 1. The van der Waals surface area contributed by atoms with Gasteiger partial charge < -0.3 is 9.84 Å². The monoisotopic (exact) mass is 208 g/mol. The summed E-state index contributed by atoms with van der Waals surface area (Å²) in [6.45, 7) is 5.87. The van der Waals surface area contributed by atoms with E-state index in [-0.39, 0.29) is 11.7 Å². The Labute approximate surface area is 91.9 Å². The smallest absolute Gasteiger partial charge is 0.0874 e.